The Morgan fingerprint density at radius 1 is 1.54 bits per heavy atom. The maximum absolute atomic E-state index is 8.97. The fraction of sp³-hybridized carbons (Fsp3) is 0.375. The van der Waals surface area contributed by atoms with E-state index >= 15 is 0 Å². The zero-order valence-electron chi connectivity index (χ0n) is 7.09. The van der Waals surface area contributed by atoms with Gasteiger partial charge in [0, 0.05) is 0 Å². The van der Waals surface area contributed by atoms with E-state index in [0.29, 0.717) is 10.7 Å². The highest BCUT2D eigenvalue weighted by atomic mass is 35.5. The molecule has 3 N–H and O–H groups in total. The third kappa shape index (κ3) is 2.31. The molecular formula is C8H10Cl2N2O. The van der Waals surface area contributed by atoms with E-state index in [1.54, 1.807) is 19.1 Å². The highest BCUT2D eigenvalue weighted by Gasteiger charge is 2.22. The number of rotatable bonds is 2. The predicted molar refractivity (Wildman–Crippen MR) is 52.9 cm³/mol. The molecule has 0 aliphatic rings. The molecule has 5 heteroatoms. The van der Waals surface area contributed by atoms with Gasteiger partial charge >= 0.3 is 0 Å². The van der Waals surface area contributed by atoms with Gasteiger partial charge in [-0.25, -0.2) is 4.98 Å². The van der Waals surface area contributed by atoms with Crippen LogP contribution in [0, 0.1) is 0 Å². The molecule has 3 nitrogen and oxygen atoms in total. The Labute approximate surface area is 86.5 Å². The van der Waals surface area contributed by atoms with Crippen LogP contribution >= 0.6 is 23.2 Å². The van der Waals surface area contributed by atoms with Crippen LogP contribution in [0.5, 0.6) is 0 Å². The molecule has 1 heterocycles. The molecule has 0 aromatic carbocycles. The minimum atomic E-state index is -0.881. The number of aliphatic hydroxyl groups excluding tert-OH is 1. The van der Waals surface area contributed by atoms with Crippen LogP contribution in [0.2, 0.25) is 10.2 Å². The van der Waals surface area contributed by atoms with Crippen LogP contribution in [0.25, 0.3) is 0 Å². The number of nitrogens with zero attached hydrogens (tertiary/aromatic N) is 1. The predicted octanol–water partition coefficient (Wildman–Crippen LogP) is 1.55. The second-order valence-electron chi connectivity index (χ2n) is 3.04. The van der Waals surface area contributed by atoms with E-state index in [4.69, 9.17) is 34.0 Å². The third-order valence-electron chi connectivity index (χ3n) is 1.72. The fourth-order valence-electron chi connectivity index (χ4n) is 0.816. The van der Waals surface area contributed by atoms with E-state index < -0.39 is 5.54 Å². The third-order valence-corrected chi connectivity index (χ3v) is 2.41. The zero-order chi connectivity index (χ0) is 10.1. The van der Waals surface area contributed by atoms with E-state index in [-0.39, 0.29) is 11.8 Å². The van der Waals surface area contributed by atoms with Crippen molar-refractivity contribution in [2.24, 2.45) is 5.73 Å². The molecule has 1 rings (SSSR count). The molecule has 13 heavy (non-hydrogen) atoms. The molecule has 0 bridgehead atoms. The van der Waals surface area contributed by atoms with Crippen molar-refractivity contribution < 1.29 is 5.11 Å². The van der Waals surface area contributed by atoms with Crippen LogP contribution in [0.1, 0.15) is 12.6 Å². The van der Waals surface area contributed by atoms with Crippen LogP contribution in [-0.2, 0) is 5.54 Å². The number of aromatic nitrogens is 1. The van der Waals surface area contributed by atoms with Gasteiger partial charge in [-0.2, -0.15) is 0 Å². The summed E-state index contributed by atoms with van der Waals surface area (Å²) in [6, 6.07) is 3.25. The Morgan fingerprint density at radius 3 is 2.62 bits per heavy atom. The summed E-state index contributed by atoms with van der Waals surface area (Å²) in [6.07, 6.45) is 0. The summed E-state index contributed by atoms with van der Waals surface area (Å²) in [4.78, 5) is 3.96. The first kappa shape index (κ1) is 10.7. The molecule has 0 saturated heterocycles. The highest BCUT2D eigenvalue weighted by Crippen LogP contribution is 2.23. The van der Waals surface area contributed by atoms with Crippen molar-refractivity contribution in [2.45, 2.75) is 12.5 Å². The topological polar surface area (TPSA) is 59.1 Å². The Morgan fingerprint density at radius 2 is 2.15 bits per heavy atom. The lowest BCUT2D eigenvalue weighted by Crippen LogP contribution is -2.37. The summed E-state index contributed by atoms with van der Waals surface area (Å²) >= 11 is 11.4. The molecule has 0 amide bonds. The van der Waals surface area contributed by atoms with Gasteiger partial charge in [0.15, 0.2) is 0 Å². The Bertz CT molecular complexity index is 315. The maximum Gasteiger partial charge on any atom is 0.147 e. The van der Waals surface area contributed by atoms with Crippen LogP contribution < -0.4 is 5.73 Å². The molecule has 0 saturated carbocycles. The number of halogens is 2. The summed E-state index contributed by atoms with van der Waals surface area (Å²) < 4.78 is 0. The molecule has 0 aliphatic carbocycles. The number of nitrogens with two attached hydrogens (primary N) is 1. The molecule has 0 radical (unpaired) electrons. The molecule has 0 unspecified atom stereocenters. The molecular weight excluding hydrogens is 211 g/mol. The summed E-state index contributed by atoms with van der Waals surface area (Å²) in [5.74, 6) is 0. The van der Waals surface area contributed by atoms with Crippen molar-refractivity contribution in [1.29, 1.82) is 0 Å². The van der Waals surface area contributed by atoms with Crippen LogP contribution in [0.4, 0.5) is 0 Å². The first-order chi connectivity index (χ1) is 5.97. The normalized spacial score (nSPS) is 15.5. The van der Waals surface area contributed by atoms with E-state index in [1.165, 1.54) is 0 Å². The summed E-state index contributed by atoms with van der Waals surface area (Å²) in [5, 5.41) is 9.54. The molecule has 0 fully saturated rings. The smallest absolute Gasteiger partial charge is 0.147 e. The average molecular weight is 221 g/mol. The van der Waals surface area contributed by atoms with Crippen LogP contribution in [0.15, 0.2) is 12.1 Å². The minimum absolute atomic E-state index is 0.196. The average Bonchev–Trinajstić information content (AvgIpc) is 2.09. The van der Waals surface area contributed by atoms with Crippen LogP contribution in [-0.4, -0.2) is 16.7 Å². The van der Waals surface area contributed by atoms with Gasteiger partial charge in [0.2, 0.25) is 0 Å². The van der Waals surface area contributed by atoms with Gasteiger partial charge in [-0.3, -0.25) is 0 Å². The molecule has 0 spiro atoms. The van der Waals surface area contributed by atoms with Gasteiger partial charge in [0.25, 0.3) is 0 Å². The van der Waals surface area contributed by atoms with Crippen molar-refractivity contribution in [3.63, 3.8) is 0 Å². The maximum atomic E-state index is 8.97. The standard InChI is InChI=1S/C8H10Cl2N2O/c1-8(11,4-13)6-3-2-5(9)7(10)12-6/h2-3,13H,4,11H2,1H3/t8-/m0/s1. The van der Waals surface area contributed by atoms with E-state index in [9.17, 15) is 0 Å². The first-order valence-electron chi connectivity index (χ1n) is 3.69. The Balaban J connectivity index is 3.10. The highest BCUT2D eigenvalue weighted by molar-refractivity contribution is 6.41. The summed E-state index contributed by atoms with van der Waals surface area (Å²) in [5.41, 5.74) is 5.38. The van der Waals surface area contributed by atoms with Crippen molar-refractivity contribution in [3.05, 3.63) is 28.0 Å². The monoisotopic (exact) mass is 220 g/mol. The zero-order valence-corrected chi connectivity index (χ0v) is 8.60. The summed E-state index contributed by atoms with van der Waals surface area (Å²) in [6.45, 7) is 1.47. The Hall–Kier alpha value is -0.350. The number of pyridine rings is 1. The van der Waals surface area contributed by atoms with Crippen molar-refractivity contribution in [3.8, 4) is 0 Å². The van der Waals surface area contributed by atoms with E-state index in [1.807, 2.05) is 0 Å². The minimum Gasteiger partial charge on any atom is -0.394 e. The molecule has 1 atom stereocenters. The lowest BCUT2D eigenvalue weighted by atomic mass is 10.0. The lowest BCUT2D eigenvalue weighted by molar-refractivity contribution is 0.207. The largest absolute Gasteiger partial charge is 0.394 e. The van der Waals surface area contributed by atoms with E-state index in [2.05, 4.69) is 4.98 Å². The number of hydrogen-bond acceptors (Lipinski definition) is 3. The van der Waals surface area contributed by atoms with Crippen molar-refractivity contribution in [1.82, 2.24) is 4.98 Å². The molecule has 72 valence electrons. The second-order valence-corrected chi connectivity index (χ2v) is 3.81. The summed E-state index contributed by atoms with van der Waals surface area (Å²) in [7, 11) is 0. The van der Waals surface area contributed by atoms with Gasteiger partial charge < -0.3 is 10.8 Å². The van der Waals surface area contributed by atoms with Gasteiger partial charge in [0.1, 0.15) is 5.15 Å². The quantitative estimate of drug-likeness (QED) is 0.745. The molecule has 0 aliphatic heterocycles. The fourth-order valence-corrected chi connectivity index (χ4v) is 1.08. The lowest BCUT2D eigenvalue weighted by Gasteiger charge is -2.20. The van der Waals surface area contributed by atoms with Crippen molar-refractivity contribution in [2.75, 3.05) is 6.61 Å². The van der Waals surface area contributed by atoms with Crippen LogP contribution in [0.3, 0.4) is 0 Å². The first-order valence-corrected chi connectivity index (χ1v) is 4.45. The molecule has 1 aromatic rings. The number of aliphatic hydroxyl groups is 1. The Kier molecular flexibility index (Phi) is 3.14. The molecule has 1 aromatic heterocycles. The van der Waals surface area contributed by atoms with Gasteiger partial charge in [-0.05, 0) is 19.1 Å². The van der Waals surface area contributed by atoms with Gasteiger partial charge in [-0.15, -0.1) is 0 Å². The number of hydrogen-bond donors (Lipinski definition) is 2. The van der Waals surface area contributed by atoms with Crippen molar-refractivity contribution >= 4 is 23.2 Å². The van der Waals surface area contributed by atoms with Gasteiger partial charge in [0.05, 0.1) is 22.9 Å². The SMILES string of the molecule is C[C@](N)(CO)c1ccc(Cl)c(Cl)n1. The second kappa shape index (κ2) is 3.80. The van der Waals surface area contributed by atoms with Gasteiger partial charge in [-0.1, -0.05) is 23.2 Å². The van der Waals surface area contributed by atoms with E-state index in [0.717, 1.165) is 0 Å².